The first-order chi connectivity index (χ1) is 8.16. The fourth-order valence-electron chi connectivity index (χ4n) is 1.41. The summed E-state index contributed by atoms with van der Waals surface area (Å²) in [5.74, 6) is -2.25. The molecule has 0 aliphatic heterocycles. The maximum atomic E-state index is 13.3. The molecule has 0 atom stereocenters. The summed E-state index contributed by atoms with van der Waals surface area (Å²) in [5, 5.41) is 0. The number of nitrogen functional groups attached to an aromatic ring is 2. The quantitative estimate of drug-likeness (QED) is 0.765. The molecule has 0 bridgehead atoms. The molecular formula is C11H17F4N3. The maximum Gasteiger partial charge on any atom is 0.436 e. The summed E-state index contributed by atoms with van der Waals surface area (Å²) in [6.45, 7) is 7.27. The molecule has 104 valence electrons. The number of pyridine rings is 1. The second-order valence-electron chi connectivity index (χ2n) is 3.64. The number of aromatic nitrogens is 1. The molecule has 0 spiro atoms. The first kappa shape index (κ1) is 16.5. The van der Waals surface area contributed by atoms with Crippen molar-refractivity contribution in [3.8, 4) is 0 Å². The van der Waals surface area contributed by atoms with Gasteiger partial charge in [-0.3, -0.25) is 0 Å². The van der Waals surface area contributed by atoms with Crippen LogP contribution >= 0.6 is 0 Å². The Morgan fingerprint density at radius 3 is 1.89 bits per heavy atom. The minimum Gasteiger partial charge on any atom is -0.396 e. The lowest BCUT2D eigenvalue weighted by molar-refractivity contribution is -0.143. The van der Waals surface area contributed by atoms with E-state index in [0.717, 1.165) is 0 Å². The van der Waals surface area contributed by atoms with E-state index in [4.69, 9.17) is 11.5 Å². The van der Waals surface area contributed by atoms with E-state index in [1.807, 2.05) is 13.8 Å². The molecule has 1 heterocycles. The zero-order valence-corrected chi connectivity index (χ0v) is 10.7. The summed E-state index contributed by atoms with van der Waals surface area (Å²) in [6, 6.07) is 0. The lowest BCUT2D eigenvalue weighted by atomic mass is 10.0. The van der Waals surface area contributed by atoms with Crippen LogP contribution < -0.4 is 11.5 Å². The topological polar surface area (TPSA) is 64.9 Å². The molecule has 0 saturated heterocycles. The molecule has 0 radical (unpaired) electrons. The van der Waals surface area contributed by atoms with Crippen LogP contribution in [0.1, 0.15) is 44.9 Å². The standard InChI is InChI=1S/C9H11F4N3.C2H6/c1-3(2)4-6(14)5(10)7(9(11,12)13)16-8(4)15;1-2/h3H,1-2H3,(H4,14,15,16);1-2H3. The van der Waals surface area contributed by atoms with Crippen LogP contribution in [0.5, 0.6) is 0 Å². The third kappa shape index (κ3) is 3.24. The van der Waals surface area contributed by atoms with Crippen LogP contribution in [0.25, 0.3) is 0 Å². The largest absolute Gasteiger partial charge is 0.436 e. The van der Waals surface area contributed by atoms with Gasteiger partial charge in [-0.15, -0.1) is 0 Å². The number of alkyl halides is 3. The molecule has 0 amide bonds. The third-order valence-electron chi connectivity index (χ3n) is 2.09. The molecular weight excluding hydrogens is 250 g/mol. The van der Waals surface area contributed by atoms with Gasteiger partial charge in [-0.1, -0.05) is 27.7 Å². The van der Waals surface area contributed by atoms with Crippen molar-refractivity contribution in [3.05, 3.63) is 17.1 Å². The highest BCUT2D eigenvalue weighted by atomic mass is 19.4. The van der Waals surface area contributed by atoms with Gasteiger partial charge in [-0.25, -0.2) is 9.37 Å². The first-order valence-corrected chi connectivity index (χ1v) is 5.47. The summed E-state index contributed by atoms with van der Waals surface area (Å²) in [6.07, 6.45) is -4.90. The predicted molar refractivity (Wildman–Crippen MR) is 63.5 cm³/mol. The van der Waals surface area contributed by atoms with Crippen molar-refractivity contribution >= 4 is 11.5 Å². The Hall–Kier alpha value is -1.53. The van der Waals surface area contributed by atoms with Crippen molar-refractivity contribution in [2.24, 2.45) is 0 Å². The smallest absolute Gasteiger partial charge is 0.396 e. The molecule has 0 aliphatic rings. The minimum atomic E-state index is -4.90. The second-order valence-corrected chi connectivity index (χ2v) is 3.64. The van der Waals surface area contributed by atoms with E-state index in [1.54, 1.807) is 13.8 Å². The number of nitrogens with two attached hydrogens (primary N) is 2. The van der Waals surface area contributed by atoms with E-state index in [0.29, 0.717) is 0 Å². The summed E-state index contributed by atoms with van der Waals surface area (Å²) >= 11 is 0. The zero-order chi connectivity index (χ0) is 14.7. The van der Waals surface area contributed by atoms with Gasteiger partial charge in [0.05, 0.1) is 5.69 Å². The van der Waals surface area contributed by atoms with Crippen LogP contribution in [-0.2, 0) is 6.18 Å². The van der Waals surface area contributed by atoms with Crippen LogP contribution in [-0.4, -0.2) is 4.98 Å². The molecule has 0 fully saturated rings. The molecule has 7 heteroatoms. The molecule has 1 aromatic heterocycles. The summed E-state index contributed by atoms with van der Waals surface area (Å²) < 4.78 is 50.3. The molecule has 3 nitrogen and oxygen atoms in total. The van der Waals surface area contributed by atoms with E-state index in [-0.39, 0.29) is 17.3 Å². The highest BCUT2D eigenvalue weighted by molar-refractivity contribution is 5.61. The first-order valence-electron chi connectivity index (χ1n) is 5.47. The van der Waals surface area contributed by atoms with E-state index in [9.17, 15) is 17.6 Å². The van der Waals surface area contributed by atoms with E-state index in [2.05, 4.69) is 4.98 Å². The van der Waals surface area contributed by atoms with E-state index >= 15 is 0 Å². The molecule has 0 unspecified atom stereocenters. The molecule has 1 aromatic rings. The van der Waals surface area contributed by atoms with Crippen LogP contribution in [0.3, 0.4) is 0 Å². The number of hydrogen-bond donors (Lipinski definition) is 2. The van der Waals surface area contributed by atoms with Crippen molar-refractivity contribution in [1.29, 1.82) is 0 Å². The van der Waals surface area contributed by atoms with Gasteiger partial charge >= 0.3 is 6.18 Å². The lowest BCUT2D eigenvalue weighted by Crippen LogP contribution is -2.17. The monoisotopic (exact) mass is 267 g/mol. The molecule has 1 rings (SSSR count). The Morgan fingerprint density at radius 1 is 1.11 bits per heavy atom. The van der Waals surface area contributed by atoms with Crippen molar-refractivity contribution in [2.75, 3.05) is 11.5 Å². The Labute approximate surface area is 103 Å². The average Bonchev–Trinajstić information content (AvgIpc) is 2.24. The van der Waals surface area contributed by atoms with Gasteiger partial charge in [0.1, 0.15) is 5.82 Å². The number of anilines is 2. The van der Waals surface area contributed by atoms with Crippen LogP contribution in [0.4, 0.5) is 29.1 Å². The van der Waals surface area contributed by atoms with Gasteiger partial charge in [0.15, 0.2) is 11.5 Å². The van der Waals surface area contributed by atoms with E-state index < -0.39 is 23.4 Å². The highest BCUT2D eigenvalue weighted by Crippen LogP contribution is 2.37. The Bertz CT molecular complexity index is 414. The molecule has 0 aromatic carbocycles. The zero-order valence-electron chi connectivity index (χ0n) is 10.7. The molecule has 4 N–H and O–H groups in total. The van der Waals surface area contributed by atoms with Crippen LogP contribution in [0, 0.1) is 5.82 Å². The molecule has 0 aliphatic carbocycles. The maximum absolute atomic E-state index is 13.3. The number of hydrogen-bond acceptors (Lipinski definition) is 3. The van der Waals surface area contributed by atoms with Crippen LogP contribution in [0.2, 0.25) is 0 Å². The number of halogens is 4. The van der Waals surface area contributed by atoms with Gasteiger partial charge in [-0.05, 0) is 5.92 Å². The molecule has 0 saturated carbocycles. The van der Waals surface area contributed by atoms with Gasteiger partial charge in [-0.2, -0.15) is 13.2 Å². The fourth-order valence-corrected chi connectivity index (χ4v) is 1.41. The van der Waals surface area contributed by atoms with Crippen molar-refractivity contribution in [1.82, 2.24) is 4.98 Å². The van der Waals surface area contributed by atoms with Crippen molar-refractivity contribution in [2.45, 2.75) is 39.8 Å². The number of nitrogens with zero attached hydrogens (tertiary/aromatic N) is 1. The lowest BCUT2D eigenvalue weighted by Gasteiger charge is -2.16. The van der Waals surface area contributed by atoms with E-state index in [1.165, 1.54) is 0 Å². The van der Waals surface area contributed by atoms with Crippen molar-refractivity contribution in [3.63, 3.8) is 0 Å². The van der Waals surface area contributed by atoms with Crippen molar-refractivity contribution < 1.29 is 17.6 Å². The summed E-state index contributed by atoms with van der Waals surface area (Å²) in [4.78, 5) is 3.02. The Balaban J connectivity index is 0.00000137. The van der Waals surface area contributed by atoms with Gasteiger partial charge < -0.3 is 11.5 Å². The van der Waals surface area contributed by atoms with Gasteiger partial charge in [0.25, 0.3) is 0 Å². The van der Waals surface area contributed by atoms with Gasteiger partial charge in [0.2, 0.25) is 0 Å². The van der Waals surface area contributed by atoms with Crippen LogP contribution in [0.15, 0.2) is 0 Å². The summed E-state index contributed by atoms with van der Waals surface area (Å²) in [5.41, 5.74) is 8.46. The van der Waals surface area contributed by atoms with Gasteiger partial charge in [0, 0.05) is 5.56 Å². The predicted octanol–water partition coefficient (Wildman–Crippen LogP) is 3.55. The Morgan fingerprint density at radius 2 is 1.56 bits per heavy atom. The highest BCUT2D eigenvalue weighted by Gasteiger charge is 2.38. The Kier molecular flexibility index (Phi) is 5.38. The third-order valence-corrected chi connectivity index (χ3v) is 2.09. The minimum absolute atomic E-state index is 0.102. The second kappa shape index (κ2) is 5.88. The molecule has 18 heavy (non-hydrogen) atoms. The fraction of sp³-hybridized carbons (Fsp3) is 0.545. The SMILES string of the molecule is CC.CC(C)c1c(N)nc(C(F)(F)F)c(F)c1N. The normalized spacial score (nSPS) is 11.2. The average molecular weight is 267 g/mol. The summed E-state index contributed by atoms with van der Waals surface area (Å²) in [7, 11) is 0. The number of rotatable bonds is 1.